The minimum Gasteiger partial charge on any atom is -0.342 e. The lowest BCUT2D eigenvalue weighted by Crippen LogP contribution is -1.82. The van der Waals surface area contributed by atoms with Crippen molar-refractivity contribution in [2.75, 3.05) is 13.5 Å². The largest absolute Gasteiger partial charge is 0.594 e. The Balaban J connectivity index is 3.15. The summed E-state index contributed by atoms with van der Waals surface area (Å²) in [4.78, 5) is 0. The standard InChI is InChI=1S/C2H5F3OP/c1-6-2-7(3,4)5/h2H2,1H3/q+1. The maximum atomic E-state index is 11.0. The topological polar surface area (TPSA) is 9.23 Å². The quantitative estimate of drug-likeness (QED) is 0.525. The van der Waals surface area contributed by atoms with Gasteiger partial charge in [-0.3, -0.25) is 0 Å². The van der Waals surface area contributed by atoms with E-state index in [1.807, 2.05) is 0 Å². The van der Waals surface area contributed by atoms with Crippen LogP contribution in [0.15, 0.2) is 0 Å². The molecule has 0 spiro atoms. The van der Waals surface area contributed by atoms with Gasteiger partial charge < -0.3 is 4.74 Å². The van der Waals surface area contributed by atoms with Gasteiger partial charge in [-0.15, -0.1) is 0 Å². The van der Waals surface area contributed by atoms with Crippen LogP contribution in [-0.2, 0) is 4.74 Å². The van der Waals surface area contributed by atoms with Crippen LogP contribution < -0.4 is 0 Å². The third-order valence-electron chi connectivity index (χ3n) is 0.275. The van der Waals surface area contributed by atoms with Crippen molar-refractivity contribution in [2.24, 2.45) is 0 Å². The molecule has 7 heavy (non-hydrogen) atoms. The molecule has 44 valence electrons. The molecule has 0 saturated carbocycles. The summed E-state index contributed by atoms with van der Waals surface area (Å²) in [6, 6.07) is 0. The maximum Gasteiger partial charge on any atom is 0.594 e. The third kappa shape index (κ3) is 6.18. The van der Waals surface area contributed by atoms with Crippen LogP contribution in [0.4, 0.5) is 12.6 Å². The average molecular weight is 133 g/mol. The summed E-state index contributed by atoms with van der Waals surface area (Å²) in [5, 5.41) is 0. The molecule has 0 amide bonds. The van der Waals surface area contributed by atoms with Gasteiger partial charge in [0.05, 0.1) is 0 Å². The van der Waals surface area contributed by atoms with Crippen molar-refractivity contribution in [3.8, 4) is 0 Å². The highest BCUT2D eigenvalue weighted by Crippen LogP contribution is 2.63. The highest BCUT2D eigenvalue weighted by Gasteiger charge is 2.42. The fraction of sp³-hybridized carbons (Fsp3) is 1.00. The van der Waals surface area contributed by atoms with E-state index in [1.54, 1.807) is 0 Å². The number of hydrogen-bond acceptors (Lipinski definition) is 1. The smallest absolute Gasteiger partial charge is 0.342 e. The van der Waals surface area contributed by atoms with Gasteiger partial charge in [0.1, 0.15) is 0 Å². The Morgan fingerprint density at radius 3 is 1.86 bits per heavy atom. The SMILES string of the molecule is COC[P+](F)(F)F. The van der Waals surface area contributed by atoms with Crippen LogP contribution in [0.1, 0.15) is 0 Å². The van der Waals surface area contributed by atoms with Gasteiger partial charge in [0.15, 0.2) is 0 Å². The number of halogens is 3. The lowest BCUT2D eigenvalue weighted by Gasteiger charge is -1.87. The molecule has 0 rings (SSSR count). The van der Waals surface area contributed by atoms with Crippen LogP contribution in [-0.4, -0.2) is 13.5 Å². The maximum absolute atomic E-state index is 11.0. The summed E-state index contributed by atoms with van der Waals surface area (Å²) in [7, 11) is -4.10. The van der Waals surface area contributed by atoms with Gasteiger partial charge in [0, 0.05) is 19.7 Å². The molecule has 0 heterocycles. The highest BCUT2D eigenvalue weighted by atomic mass is 31.3. The Kier molecular flexibility index (Phi) is 2.54. The van der Waals surface area contributed by atoms with Crippen LogP contribution in [0.2, 0.25) is 0 Å². The first-order valence-electron chi connectivity index (χ1n) is 1.52. The fourth-order valence-corrected chi connectivity index (χ4v) is 0.439. The van der Waals surface area contributed by atoms with Crippen molar-refractivity contribution < 1.29 is 17.3 Å². The Morgan fingerprint density at radius 1 is 1.43 bits per heavy atom. The van der Waals surface area contributed by atoms with E-state index >= 15 is 0 Å². The highest BCUT2D eigenvalue weighted by molar-refractivity contribution is 7.60. The van der Waals surface area contributed by atoms with E-state index in [1.165, 1.54) is 0 Å². The third-order valence-corrected chi connectivity index (χ3v) is 0.826. The predicted molar refractivity (Wildman–Crippen MR) is 22.1 cm³/mol. The van der Waals surface area contributed by atoms with Gasteiger partial charge in [-0.1, -0.05) is 0 Å². The summed E-state index contributed by atoms with van der Waals surface area (Å²) in [5.74, 6) is 0. The second-order valence-corrected chi connectivity index (χ2v) is 2.33. The van der Waals surface area contributed by atoms with Gasteiger partial charge in [0.25, 0.3) is 6.35 Å². The monoisotopic (exact) mass is 133 g/mol. The van der Waals surface area contributed by atoms with Gasteiger partial charge in [-0.05, 0) is 0 Å². The van der Waals surface area contributed by atoms with Crippen molar-refractivity contribution in [1.82, 2.24) is 0 Å². The number of hydrogen-bond donors (Lipinski definition) is 0. The Morgan fingerprint density at radius 2 is 1.86 bits per heavy atom. The fourth-order valence-electron chi connectivity index (χ4n) is 0.146. The first kappa shape index (κ1) is 7.18. The lowest BCUT2D eigenvalue weighted by molar-refractivity contribution is 0.236. The van der Waals surface area contributed by atoms with E-state index < -0.39 is 14.5 Å². The predicted octanol–water partition coefficient (Wildman–Crippen LogP) is 2.26. The first-order chi connectivity index (χ1) is 3.06. The number of ether oxygens (including phenoxy) is 1. The normalized spacial score (nSPS) is 12.0. The van der Waals surface area contributed by atoms with Crippen molar-refractivity contribution in [3.05, 3.63) is 0 Å². The van der Waals surface area contributed by atoms with Crippen molar-refractivity contribution >= 4 is 8.19 Å². The van der Waals surface area contributed by atoms with Crippen LogP contribution in [0.3, 0.4) is 0 Å². The van der Waals surface area contributed by atoms with Crippen LogP contribution in [0.25, 0.3) is 0 Å². The molecule has 0 aromatic rings. The van der Waals surface area contributed by atoms with Crippen LogP contribution in [0.5, 0.6) is 0 Å². The molecule has 0 aliphatic heterocycles. The van der Waals surface area contributed by atoms with Gasteiger partial charge in [-0.2, -0.15) is 0 Å². The summed E-state index contributed by atoms with van der Waals surface area (Å²) in [6.45, 7) is 0. The minimum absolute atomic E-state index is 1.04. The first-order valence-corrected chi connectivity index (χ1v) is 3.17. The summed E-state index contributed by atoms with van der Waals surface area (Å²) in [6.07, 6.45) is -1.05. The van der Waals surface area contributed by atoms with Crippen molar-refractivity contribution in [3.63, 3.8) is 0 Å². The second kappa shape index (κ2) is 2.48. The van der Waals surface area contributed by atoms with E-state index in [-0.39, 0.29) is 0 Å². The molecule has 0 saturated heterocycles. The van der Waals surface area contributed by atoms with E-state index in [9.17, 15) is 12.6 Å². The number of rotatable bonds is 2. The molecule has 0 aliphatic carbocycles. The van der Waals surface area contributed by atoms with E-state index in [4.69, 9.17) is 0 Å². The van der Waals surface area contributed by atoms with Gasteiger partial charge in [-0.25, -0.2) is 0 Å². The summed E-state index contributed by atoms with van der Waals surface area (Å²) < 4.78 is 37.0. The average Bonchev–Trinajstić information content (AvgIpc) is 1.30. The van der Waals surface area contributed by atoms with Crippen LogP contribution in [0, 0.1) is 0 Å². The van der Waals surface area contributed by atoms with Gasteiger partial charge >= 0.3 is 8.19 Å². The van der Waals surface area contributed by atoms with E-state index in [0.29, 0.717) is 0 Å². The molecule has 0 unspecified atom stereocenters. The number of methoxy groups -OCH3 is 1. The van der Waals surface area contributed by atoms with E-state index in [2.05, 4.69) is 4.74 Å². The zero-order valence-electron chi connectivity index (χ0n) is 3.70. The van der Waals surface area contributed by atoms with Crippen molar-refractivity contribution in [2.45, 2.75) is 0 Å². The lowest BCUT2D eigenvalue weighted by atomic mass is 11.5. The van der Waals surface area contributed by atoms with Crippen LogP contribution >= 0.6 is 8.19 Å². The Labute approximate surface area is 40.2 Å². The summed E-state index contributed by atoms with van der Waals surface area (Å²) in [5.41, 5.74) is 0. The molecule has 0 fully saturated rings. The Hall–Kier alpha value is 0.180. The molecule has 0 N–H and O–H groups in total. The molecule has 0 aliphatic rings. The Bertz CT molecular complexity index is 51.4. The molecule has 0 aromatic carbocycles. The minimum atomic E-state index is -5.14. The molecule has 0 bridgehead atoms. The zero-order valence-corrected chi connectivity index (χ0v) is 4.59. The molecule has 0 aromatic heterocycles. The molecular formula is C2H5F3OP+. The second-order valence-electron chi connectivity index (χ2n) is 0.968. The summed E-state index contributed by atoms with van der Waals surface area (Å²) >= 11 is 0. The van der Waals surface area contributed by atoms with E-state index in [0.717, 1.165) is 7.11 Å². The molecule has 1 nitrogen and oxygen atoms in total. The van der Waals surface area contributed by atoms with Crippen molar-refractivity contribution in [1.29, 1.82) is 0 Å². The molecule has 0 radical (unpaired) electrons. The van der Waals surface area contributed by atoms with Gasteiger partial charge in [0.2, 0.25) is 0 Å². The zero-order chi connectivity index (χ0) is 5.91. The molecular weight excluding hydrogens is 128 g/mol. The molecule has 5 heteroatoms. The molecule has 0 atom stereocenters.